The van der Waals surface area contributed by atoms with Crippen LogP contribution in [0.5, 0.6) is 0 Å². The zero-order chi connectivity index (χ0) is 13.0. The second-order valence-electron chi connectivity index (χ2n) is 5.05. The summed E-state index contributed by atoms with van der Waals surface area (Å²) in [5.41, 5.74) is 1.11. The number of hydrogen-bond donors (Lipinski definition) is 1. The van der Waals surface area contributed by atoms with E-state index in [1.165, 1.54) is 25.7 Å². The lowest BCUT2D eigenvalue weighted by Crippen LogP contribution is -2.26. The van der Waals surface area contributed by atoms with Crippen LogP contribution in [0.25, 0.3) is 0 Å². The van der Waals surface area contributed by atoms with Crippen molar-refractivity contribution in [3.8, 4) is 0 Å². The van der Waals surface area contributed by atoms with Crippen molar-refractivity contribution >= 4 is 16.5 Å². The Morgan fingerprint density at radius 1 is 1.33 bits per heavy atom. The van der Waals surface area contributed by atoms with Crippen LogP contribution in [0.15, 0.2) is 0 Å². The fourth-order valence-electron chi connectivity index (χ4n) is 2.20. The van der Waals surface area contributed by atoms with Gasteiger partial charge in [-0.3, -0.25) is 0 Å². The zero-order valence-corrected chi connectivity index (χ0v) is 12.3. The summed E-state index contributed by atoms with van der Waals surface area (Å²) in [6.45, 7) is 5.65. The normalized spacial score (nSPS) is 15.1. The number of aliphatic hydroxyl groups excluding tert-OH is 1. The Balaban J connectivity index is 2.13. The average molecular weight is 268 g/mol. The first-order valence-electron chi connectivity index (χ1n) is 7.16. The van der Waals surface area contributed by atoms with E-state index in [1.54, 1.807) is 11.3 Å². The molecule has 0 spiro atoms. The molecule has 1 saturated carbocycles. The lowest BCUT2D eigenvalue weighted by Gasteiger charge is -2.20. The minimum atomic E-state index is 0.138. The molecule has 3 nitrogen and oxygen atoms in total. The monoisotopic (exact) mass is 268 g/mol. The number of unbranched alkanes of at least 4 members (excludes halogenated alkanes) is 1. The fourth-order valence-corrected chi connectivity index (χ4v) is 3.26. The molecule has 0 amide bonds. The molecule has 0 unspecified atom stereocenters. The third-order valence-electron chi connectivity index (χ3n) is 3.38. The standard InChI is InChI=1S/C14H24N2OS/c1-3-5-9-16(11-7-8-11)14-15-12(6-4-2)13(10-17)18-14/h11,17H,3-10H2,1-2H3. The van der Waals surface area contributed by atoms with Crippen molar-refractivity contribution in [1.82, 2.24) is 4.98 Å². The molecule has 0 atom stereocenters. The van der Waals surface area contributed by atoms with Gasteiger partial charge in [0, 0.05) is 12.6 Å². The lowest BCUT2D eigenvalue weighted by molar-refractivity contribution is 0.284. The molecule has 1 aromatic rings. The van der Waals surface area contributed by atoms with E-state index in [2.05, 4.69) is 18.7 Å². The van der Waals surface area contributed by atoms with Gasteiger partial charge in [0.05, 0.1) is 17.2 Å². The molecule has 0 aliphatic heterocycles. The minimum Gasteiger partial charge on any atom is -0.391 e. The van der Waals surface area contributed by atoms with Crippen molar-refractivity contribution in [2.75, 3.05) is 11.4 Å². The lowest BCUT2D eigenvalue weighted by atomic mass is 10.2. The van der Waals surface area contributed by atoms with E-state index in [4.69, 9.17) is 4.98 Å². The van der Waals surface area contributed by atoms with Gasteiger partial charge in [-0.15, -0.1) is 0 Å². The molecule has 1 fully saturated rings. The maximum atomic E-state index is 9.42. The number of aromatic nitrogens is 1. The Morgan fingerprint density at radius 2 is 2.11 bits per heavy atom. The van der Waals surface area contributed by atoms with Gasteiger partial charge < -0.3 is 10.0 Å². The highest BCUT2D eigenvalue weighted by molar-refractivity contribution is 7.15. The van der Waals surface area contributed by atoms with E-state index in [9.17, 15) is 5.11 Å². The third kappa shape index (κ3) is 3.23. The Kier molecular flexibility index (Phi) is 5.01. The Hall–Kier alpha value is -0.610. The number of hydrogen-bond acceptors (Lipinski definition) is 4. The van der Waals surface area contributed by atoms with Gasteiger partial charge in [0.15, 0.2) is 5.13 Å². The molecule has 2 rings (SSSR count). The third-order valence-corrected chi connectivity index (χ3v) is 4.50. The van der Waals surface area contributed by atoms with Gasteiger partial charge in [-0.25, -0.2) is 4.98 Å². The summed E-state index contributed by atoms with van der Waals surface area (Å²) in [5.74, 6) is 0. The Morgan fingerprint density at radius 3 is 2.67 bits per heavy atom. The van der Waals surface area contributed by atoms with E-state index in [1.807, 2.05) is 0 Å². The van der Waals surface area contributed by atoms with E-state index in [0.717, 1.165) is 35.1 Å². The average Bonchev–Trinajstić information content (AvgIpc) is 3.12. The minimum absolute atomic E-state index is 0.138. The first kappa shape index (κ1) is 13.8. The molecule has 1 aliphatic rings. The van der Waals surface area contributed by atoms with Crippen LogP contribution in [0.4, 0.5) is 5.13 Å². The van der Waals surface area contributed by atoms with Gasteiger partial charge in [-0.1, -0.05) is 38.0 Å². The summed E-state index contributed by atoms with van der Waals surface area (Å²) in [6, 6.07) is 0.712. The van der Waals surface area contributed by atoms with Gasteiger partial charge in [0.2, 0.25) is 0 Å². The summed E-state index contributed by atoms with van der Waals surface area (Å²) >= 11 is 1.69. The van der Waals surface area contributed by atoms with E-state index in [-0.39, 0.29) is 6.61 Å². The van der Waals surface area contributed by atoms with Crippen LogP contribution in [0.2, 0.25) is 0 Å². The maximum absolute atomic E-state index is 9.42. The molecular formula is C14H24N2OS. The molecule has 0 bridgehead atoms. The van der Waals surface area contributed by atoms with Crippen molar-refractivity contribution in [3.05, 3.63) is 10.6 Å². The van der Waals surface area contributed by atoms with Crippen LogP contribution in [0.1, 0.15) is 56.5 Å². The summed E-state index contributed by atoms with van der Waals surface area (Å²) in [5, 5.41) is 10.6. The molecule has 18 heavy (non-hydrogen) atoms. The van der Waals surface area contributed by atoms with Gasteiger partial charge in [0.25, 0.3) is 0 Å². The van der Waals surface area contributed by atoms with Crippen molar-refractivity contribution < 1.29 is 5.11 Å². The van der Waals surface area contributed by atoms with Crippen LogP contribution in [-0.2, 0) is 13.0 Å². The van der Waals surface area contributed by atoms with Crippen molar-refractivity contribution in [2.45, 2.75) is 65.0 Å². The molecule has 1 aliphatic carbocycles. The zero-order valence-electron chi connectivity index (χ0n) is 11.5. The smallest absolute Gasteiger partial charge is 0.186 e. The van der Waals surface area contributed by atoms with Crippen molar-refractivity contribution in [1.29, 1.82) is 0 Å². The molecule has 4 heteroatoms. The number of nitrogens with zero attached hydrogens (tertiary/aromatic N) is 2. The number of thiazole rings is 1. The number of anilines is 1. The molecule has 0 aromatic carbocycles. The summed E-state index contributed by atoms with van der Waals surface area (Å²) in [6.07, 6.45) is 7.14. The molecule has 1 N–H and O–H groups in total. The summed E-state index contributed by atoms with van der Waals surface area (Å²) in [7, 11) is 0. The molecule has 1 heterocycles. The van der Waals surface area contributed by atoms with Crippen molar-refractivity contribution in [3.63, 3.8) is 0 Å². The Labute approximate surface area is 114 Å². The highest BCUT2D eigenvalue weighted by atomic mass is 32.1. The molecule has 0 radical (unpaired) electrons. The Bertz CT molecular complexity index is 374. The SMILES string of the molecule is CCCCN(c1nc(CCC)c(CO)s1)C1CC1. The predicted molar refractivity (Wildman–Crippen MR) is 77.3 cm³/mol. The number of rotatable bonds is 8. The van der Waals surface area contributed by atoms with Gasteiger partial charge >= 0.3 is 0 Å². The fraction of sp³-hybridized carbons (Fsp3) is 0.786. The second-order valence-corrected chi connectivity index (χ2v) is 6.11. The topological polar surface area (TPSA) is 36.4 Å². The molecule has 102 valence electrons. The number of aliphatic hydroxyl groups is 1. The second kappa shape index (κ2) is 6.53. The first-order valence-corrected chi connectivity index (χ1v) is 7.97. The van der Waals surface area contributed by atoms with Gasteiger partial charge in [-0.2, -0.15) is 0 Å². The van der Waals surface area contributed by atoms with Crippen LogP contribution in [0, 0.1) is 0 Å². The number of aryl methyl sites for hydroxylation is 1. The molecule has 1 aromatic heterocycles. The molecular weight excluding hydrogens is 244 g/mol. The summed E-state index contributed by atoms with van der Waals surface area (Å²) < 4.78 is 0. The van der Waals surface area contributed by atoms with Gasteiger partial charge in [0.1, 0.15) is 0 Å². The maximum Gasteiger partial charge on any atom is 0.186 e. The van der Waals surface area contributed by atoms with Crippen LogP contribution >= 0.6 is 11.3 Å². The van der Waals surface area contributed by atoms with Crippen LogP contribution in [-0.4, -0.2) is 22.7 Å². The highest BCUT2D eigenvalue weighted by Crippen LogP contribution is 2.36. The van der Waals surface area contributed by atoms with E-state index < -0.39 is 0 Å². The molecule has 0 saturated heterocycles. The largest absolute Gasteiger partial charge is 0.391 e. The van der Waals surface area contributed by atoms with Crippen molar-refractivity contribution in [2.24, 2.45) is 0 Å². The van der Waals surface area contributed by atoms with Crippen LogP contribution in [0.3, 0.4) is 0 Å². The first-order chi connectivity index (χ1) is 8.80. The van der Waals surface area contributed by atoms with Gasteiger partial charge in [-0.05, 0) is 25.7 Å². The summed E-state index contributed by atoms with van der Waals surface area (Å²) in [4.78, 5) is 8.30. The van der Waals surface area contributed by atoms with Crippen LogP contribution < -0.4 is 4.90 Å². The predicted octanol–water partition coefficient (Wildman–Crippen LogP) is 3.36. The quantitative estimate of drug-likeness (QED) is 0.785. The highest BCUT2D eigenvalue weighted by Gasteiger charge is 2.31. The van der Waals surface area contributed by atoms with E-state index in [0.29, 0.717) is 6.04 Å². The van der Waals surface area contributed by atoms with E-state index >= 15 is 0 Å².